The number of rotatable bonds is 4. The summed E-state index contributed by atoms with van der Waals surface area (Å²) in [4.78, 5) is 13.3. The quantitative estimate of drug-likeness (QED) is 0.715. The van der Waals surface area contributed by atoms with E-state index in [-0.39, 0.29) is 23.4 Å². The van der Waals surface area contributed by atoms with Crippen molar-refractivity contribution in [3.63, 3.8) is 0 Å². The van der Waals surface area contributed by atoms with Crippen LogP contribution in [-0.4, -0.2) is 43.5 Å². The molecule has 0 rings (SSSR count). The van der Waals surface area contributed by atoms with Crippen molar-refractivity contribution in [2.24, 2.45) is 11.1 Å². The van der Waals surface area contributed by atoms with Crippen LogP contribution in [0, 0.1) is 5.41 Å². The third-order valence-electron chi connectivity index (χ3n) is 2.53. The molecule has 0 aliphatic rings. The van der Waals surface area contributed by atoms with Gasteiger partial charge in [-0.1, -0.05) is 20.8 Å². The lowest BCUT2D eigenvalue weighted by atomic mass is 9.82. The van der Waals surface area contributed by atoms with E-state index >= 15 is 0 Å². The Balaban J connectivity index is 4.57. The van der Waals surface area contributed by atoms with E-state index in [1.165, 1.54) is 0 Å². The first-order chi connectivity index (χ1) is 6.70. The van der Waals surface area contributed by atoms with Crippen LogP contribution in [0.25, 0.3) is 0 Å². The Labute approximate surface area is 93.2 Å². The fraction of sp³-hybridized carbons (Fsp3) is 0.909. The molecule has 0 saturated carbocycles. The second-order valence-corrected chi connectivity index (χ2v) is 5.26. The van der Waals surface area contributed by atoms with Gasteiger partial charge in [-0.2, -0.15) is 0 Å². The van der Waals surface area contributed by atoms with Crippen molar-refractivity contribution in [3.8, 4) is 0 Å². The van der Waals surface area contributed by atoms with Crippen LogP contribution in [0.15, 0.2) is 0 Å². The third-order valence-corrected chi connectivity index (χ3v) is 2.53. The Bertz CT molecular complexity index is 208. The number of nitrogens with zero attached hydrogens (tertiary/aromatic N) is 1. The summed E-state index contributed by atoms with van der Waals surface area (Å²) in [5, 5.41) is 2.62. The van der Waals surface area contributed by atoms with Crippen LogP contribution in [0.2, 0.25) is 0 Å². The van der Waals surface area contributed by atoms with Crippen LogP contribution in [-0.2, 0) is 4.79 Å². The number of hydrogen-bond acceptors (Lipinski definition) is 3. The first-order valence-electron chi connectivity index (χ1n) is 5.36. The fourth-order valence-electron chi connectivity index (χ4n) is 2.26. The van der Waals surface area contributed by atoms with Crippen LogP contribution < -0.4 is 11.1 Å². The summed E-state index contributed by atoms with van der Waals surface area (Å²) in [6, 6.07) is 0.231. The lowest BCUT2D eigenvalue weighted by Gasteiger charge is -2.40. The van der Waals surface area contributed by atoms with Crippen LogP contribution in [0.4, 0.5) is 0 Å². The van der Waals surface area contributed by atoms with Crippen molar-refractivity contribution in [2.75, 3.05) is 20.6 Å². The Morgan fingerprint density at radius 3 is 2.20 bits per heavy atom. The summed E-state index contributed by atoms with van der Waals surface area (Å²) in [6.45, 7) is 8.79. The Morgan fingerprint density at radius 2 is 1.93 bits per heavy atom. The van der Waals surface area contributed by atoms with E-state index in [4.69, 9.17) is 5.73 Å². The van der Waals surface area contributed by atoms with Crippen molar-refractivity contribution < 1.29 is 4.79 Å². The standard InChI is InChI=1S/C11H25N3O/c1-8(12)10(11(2,3)4)14(6)7-9(15)13-5/h8,10H,7,12H2,1-6H3,(H,13,15). The first-order valence-corrected chi connectivity index (χ1v) is 5.36. The van der Waals surface area contributed by atoms with Gasteiger partial charge in [0, 0.05) is 19.1 Å². The number of likely N-dealkylation sites (N-methyl/N-ethyl adjacent to an activating group) is 2. The largest absolute Gasteiger partial charge is 0.358 e. The number of carbonyl (C=O) groups excluding carboxylic acids is 1. The second-order valence-electron chi connectivity index (χ2n) is 5.26. The molecule has 0 heterocycles. The van der Waals surface area contributed by atoms with Gasteiger partial charge in [-0.05, 0) is 19.4 Å². The highest BCUT2D eigenvalue weighted by Gasteiger charge is 2.31. The van der Waals surface area contributed by atoms with Crippen LogP contribution in [0.3, 0.4) is 0 Å². The zero-order chi connectivity index (χ0) is 12.2. The zero-order valence-electron chi connectivity index (χ0n) is 10.8. The van der Waals surface area contributed by atoms with Gasteiger partial charge >= 0.3 is 0 Å². The Morgan fingerprint density at radius 1 is 1.47 bits per heavy atom. The van der Waals surface area contributed by atoms with Gasteiger partial charge in [0.1, 0.15) is 0 Å². The predicted octanol–water partition coefficient (Wildman–Crippen LogP) is 0.426. The lowest BCUT2D eigenvalue weighted by Crippen LogP contribution is -2.54. The summed E-state index contributed by atoms with van der Waals surface area (Å²) < 4.78 is 0. The van der Waals surface area contributed by atoms with E-state index in [0.29, 0.717) is 6.54 Å². The molecule has 0 spiro atoms. The van der Waals surface area contributed by atoms with Crippen LogP contribution >= 0.6 is 0 Å². The van der Waals surface area contributed by atoms with Crippen molar-refractivity contribution in [2.45, 2.75) is 39.8 Å². The molecule has 0 fully saturated rings. The maximum atomic E-state index is 11.3. The molecule has 1 amide bonds. The molecule has 0 saturated heterocycles. The summed E-state index contributed by atoms with van der Waals surface area (Å²) >= 11 is 0. The smallest absolute Gasteiger partial charge is 0.233 e. The van der Waals surface area contributed by atoms with E-state index in [1.54, 1.807) is 7.05 Å². The van der Waals surface area contributed by atoms with E-state index in [1.807, 2.05) is 18.9 Å². The Hall–Kier alpha value is -0.610. The second kappa shape index (κ2) is 5.47. The first kappa shape index (κ1) is 14.4. The van der Waals surface area contributed by atoms with Gasteiger partial charge < -0.3 is 11.1 Å². The van der Waals surface area contributed by atoms with Crippen LogP contribution in [0.1, 0.15) is 27.7 Å². The molecule has 2 atom stereocenters. The summed E-state index contributed by atoms with van der Waals surface area (Å²) in [5.74, 6) is 0.0207. The van der Waals surface area contributed by atoms with Crippen molar-refractivity contribution in [1.82, 2.24) is 10.2 Å². The molecule has 3 N–H and O–H groups in total. The van der Waals surface area contributed by atoms with Gasteiger partial charge in [-0.15, -0.1) is 0 Å². The maximum absolute atomic E-state index is 11.3. The molecule has 0 aliphatic heterocycles. The zero-order valence-corrected chi connectivity index (χ0v) is 10.8. The molecule has 0 aliphatic carbocycles. The highest BCUT2D eigenvalue weighted by molar-refractivity contribution is 5.77. The molecule has 0 radical (unpaired) electrons. The van der Waals surface area contributed by atoms with Crippen molar-refractivity contribution >= 4 is 5.91 Å². The SMILES string of the molecule is CNC(=O)CN(C)C(C(C)N)C(C)(C)C. The number of amides is 1. The van der Waals surface area contributed by atoms with E-state index in [2.05, 4.69) is 26.1 Å². The topological polar surface area (TPSA) is 58.4 Å². The minimum atomic E-state index is 0.0207. The number of nitrogens with two attached hydrogens (primary N) is 1. The normalized spacial score (nSPS) is 16.3. The van der Waals surface area contributed by atoms with Gasteiger partial charge in [0.25, 0.3) is 0 Å². The predicted molar refractivity (Wildman–Crippen MR) is 63.6 cm³/mol. The molecular weight excluding hydrogens is 190 g/mol. The van der Waals surface area contributed by atoms with Gasteiger partial charge in [0.05, 0.1) is 6.54 Å². The summed E-state index contributed by atoms with van der Waals surface area (Å²) in [6.07, 6.45) is 0. The minimum Gasteiger partial charge on any atom is -0.358 e. The van der Waals surface area contributed by atoms with Gasteiger partial charge in [0.15, 0.2) is 0 Å². The van der Waals surface area contributed by atoms with E-state index in [0.717, 1.165) is 0 Å². The number of nitrogens with one attached hydrogen (secondary N) is 1. The fourth-order valence-corrected chi connectivity index (χ4v) is 2.26. The van der Waals surface area contributed by atoms with Gasteiger partial charge in [0.2, 0.25) is 5.91 Å². The average Bonchev–Trinajstić information content (AvgIpc) is 1.99. The third kappa shape index (κ3) is 4.62. The summed E-state index contributed by atoms with van der Waals surface area (Å²) in [5.41, 5.74) is 6.03. The molecule has 4 nitrogen and oxygen atoms in total. The molecular formula is C11H25N3O. The van der Waals surface area contributed by atoms with Crippen LogP contribution in [0.5, 0.6) is 0 Å². The van der Waals surface area contributed by atoms with E-state index < -0.39 is 0 Å². The number of hydrogen-bond donors (Lipinski definition) is 2. The molecule has 0 aromatic heterocycles. The maximum Gasteiger partial charge on any atom is 0.233 e. The molecule has 0 bridgehead atoms. The highest BCUT2D eigenvalue weighted by Crippen LogP contribution is 2.25. The summed E-state index contributed by atoms with van der Waals surface area (Å²) in [7, 11) is 3.59. The number of carbonyl (C=O) groups is 1. The van der Waals surface area contributed by atoms with Crippen molar-refractivity contribution in [3.05, 3.63) is 0 Å². The average molecular weight is 215 g/mol. The highest BCUT2D eigenvalue weighted by atomic mass is 16.1. The van der Waals surface area contributed by atoms with Gasteiger partial charge in [-0.25, -0.2) is 0 Å². The molecule has 0 aromatic rings. The van der Waals surface area contributed by atoms with Gasteiger partial charge in [-0.3, -0.25) is 9.69 Å². The molecule has 90 valence electrons. The van der Waals surface area contributed by atoms with E-state index in [9.17, 15) is 4.79 Å². The minimum absolute atomic E-state index is 0.0207. The molecule has 2 unspecified atom stereocenters. The van der Waals surface area contributed by atoms with Crippen molar-refractivity contribution in [1.29, 1.82) is 0 Å². The molecule has 0 aromatic carbocycles. The lowest BCUT2D eigenvalue weighted by molar-refractivity contribution is -0.122. The monoisotopic (exact) mass is 215 g/mol. The molecule has 15 heavy (non-hydrogen) atoms. The molecule has 4 heteroatoms. The Kier molecular flexibility index (Phi) is 5.24.